The van der Waals surface area contributed by atoms with E-state index in [1.54, 1.807) is 6.07 Å². The van der Waals surface area contributed by atoms with Crippen LogP contribution in [0.3, 0.4) is 0 Å². The van der Waals surface area contributed by atoms with E-state index in [0.717, 1.165) is 11.4 Å². The third kappa shape index (κ3) is 3.08. The number of nitrogens with one attached hydrogen (secondary N) is 1. The number of nitrogens with zero attached hydrogens (tertiary/aromatic N) is 2. The predicted molar refractivity (Wildman–Crippen MR) is 81.4 cm³/mol. The first-order valence-corrected chi connectivity index (χ1v) is 7.02. The van der Waals surface area contributed by atoms with Gasteiger partial charge in [0.15, 0.2) is 0 Å². The molecule has 0 saturated carbocycles. The minimum absolute atomic E-state index is 0.0724. The fourth-order valence-corrected chi connectivity index (χ4v) is 2.69. The van der Waals surface area contributed by atoms with Crippen LogP contribution in [-0.2, 0) is 20.1 Å². The summed E-state index contributed by atoms with van der Waals surface area (Å²) in [7, 11) is 1.93. The highest BCUT2D eigenvalue weighted by Gasteiger charge is 2.11. The molecule has 2 aromatic rings. The van der Waals surface area contributed by atoms with E-state index < -0.39 is 0 Å². The van der Waals surface area contributed by atoms with Crippen LogP contribution < -0.4 is 5.32 Å². The van der Waals surface area contributed by atoms with Crippen molar-refractivity contribution < 1.29 is 5.11 Å². The lowest BCUT2D eigenvalue weighted by atomic mass is 10.1. The van der Waals surface area contributed by atoms with Gasteiger partial charge < -0.3 is 10.4 Å². The molecule has 0 aliphatic rings. The Morgan fingerprint density at radius 2 is 1.95 bits per heavy atom. The average Bonchev–Trinajstić information content (AvgIpc) is 2.61. The number of phenols is 1. The van der Waals surface area contributed by atoms with Crippen LogP contribution in [-0.4, -0.2) is 14.9 Å². The zero-order valence-electron chi connectivity index (χ0n) is 11.7. The Morgan fingerprint density at radius 3 is 2.55 bits per heavy atom. The summed E-state index contributed by atoms with van der Waals surface area (Å²) in [5, 5.41) is 18.3. The van der Waals surface area contributed by atoms with Gasteiger partial charge in [-0.3, -0.25) is 4.68 Å². The molecule has 0 atom stereocenters. The Morgan fingerprint density at radius 1 is 1.25 bits per heavy atom. The quantitative estimate of drug-likeness (QED) is 0.910. The Labute approximate surface area is 128 Å². The van der Waals surface area contributed by atoms with Crippen molar-refractivity contribution >= 4 is 23.2 Å². The molecule has 0 saturated heterocycles. The number of aromatic nitrogens is 2. The molecule has 2 N–H and O–H groups in total. The number of hydrogen-bond donors (Lipinski definition) is 2. The summed E-state index contributed by atoms with van der Waals surface area (Å²) in [6.07, 6.45) is 0. The van der Waals surface area contributed by atoms with Crippen molar-refractivity contribution in [2.45, 2.75) is 26.9 Å². The van der Waals surface area contributed by atoms with Gasteiger partial charge in [0, 0.05) is 42.0 Å². The third-order valence-corrected chi connectivity index (χ3v) is 3.89. The number of aryl methyl sites for hydroxylation is 2. The summed E-state index contributed by atoms with van der Waals surface area (Å²) >= 11 is 11.8. The second kappa shape index (κ2) is 6.04. The van der Waals surface area contributed by atoms with E-state index in [4.69, 9.17) is 23.2 Å². The van der Waals surface area contributed by atoms with Crippen molar-refractivity contribution in [1.82, 2.24) is 15.1 Å². The molecule has 0 spiro atoms. The molecule has 4 nitrogen and oxygen atoms in total. The lowest BCUT2D eigenvalue weighted by Gasteiger charge is -2.09. The smallest absolute Gasteiger partial charge is 0.138 e. The van der Waals surface area contributed by atoms with Crippen molar-refractivity contribution in [3.63, 3.8) is 0 Å². The Hall–Kier alpha value is -1.23. The van der Waals surface area contributed by atoms with Crippen LogP contribution in [0.1, 0.15) is 22.5 Å². The van der Waals surface area contributed by atoms with E-state index in [2.05, 4.69) is 10.4 Å². The molecule has 0 fully saturated rings. The molecule has 0 radical (unpaired) electrons. The molecule has 2 rings (SSSR count). The highest BCUT2D eigenvalue weighted by Crippen LogP contribution is 2.31. The molecule has 1 heterocycles. The molecular formula is C14H17Cl2N3O. The molecule has 0 unspecified atom stereocenters. The SMILES string of the molecule is Cc1nn(C)c(C)c1CNCc1cc(Cl)cc(Cl)c1O. The number of halogens is 2. The summed E-state index contributed by atoms with van der Waals surface area (Å²) in [6.45, 7) is 5.18. The first-order valence-electron chi connectivity index (χ1n) is 6.26. The van der Waals surface area contributed by atoms with Gasteiger partial charge in [-0.1, -0.05) is 23.2 Å². The zero-order valence-corrected chi connectivity index (χ0v) is 13.2. The molecule has 0 amide bonds. The third-order valence-electron chi connectivity index (χ3n) is 3.38. The maximum atomic E-state index is 9.89. The van der Waals surface area contributed by atoms with Crippen molar-refractivity contribution in [3.05, 3.63) is 44.7 Å². The van der Waals surface area contributed by atoms with Crippen molar-refractivity contribution in [1.29, 1.82) is 0 Å². The van der Waals surface area contributed by atoms with E-state index in [1.165, 1.54) is 11.6 Å². The lowest BCUT2D eigenvalue weighted by molar-refractivity contribution is 0.464. The van der Waals surface area contributed by atoms with Gasteiger partial charge in [-0.25, -0.2) is 0 Å². The van der Waals surface area contributed by atoms with Crippen molar-refractivity contribution in [3.8, 4) is 5.75 Å². The normalized spacial score (nSPS) is 11.1. The van der Waals surface area contributed by atoms with Crippen molar-refractivity contribution in [2.75, 3.05) is 0 Å². The predicted octanol–water partition coefficient (Wildman–Crippen LogP) is 3.34. The maximum Gasteiger partial charge on any atom is 0.138 e. The number of rotatable bonds is 4. The summed E-state index contributed by atoms with van der Waals surface area (Å²) in [5.74, 6) is 0.0724. The Balaban J connectivity index is 2.07. The number of benzene rings is 1. The molecule has 1 aromatic carbocycles. The van der Waals surface area contributed by atoms with Gasteiger partial charge >= 0.3 is 0 Å². The van der Waals surface area contributed by atoms with Gasteiger partial charge in [-0.15, -0.1) is 0 Å². The molecule has 20 heavy (non-hydrogen) atoms. The topological polar surface area (TPSA) is 50.1 Å². The van der Waals surface area contributed by atoms with Crippen molar-refractivity contribution in [2.24, 2.45) is 7.05 Å². The van der Waals surface area contributed by atoms with E-state index in [0.29, 0.717) is 23.7 Å². The van der Waals surface area contributed by atoms with Gasteiger partial charge in [0.25, 0.3) is 0 Å². The lowest BCUT2D eigenvalue weighted by Crippen LogP contribution is -2.14. The molecule has 0 aliphatic heterocycles. The number of aromatic hydroxyl groups is 1. The first-order chi connectivity index (χ1) is 9.40. The van der Waals surface area contributed by atoms with Crippen LogP contribution in [0.25, 0.3) is 0 Å². The molecule has 1 aromatic heterocycles. The number of hydrogen-bond acceptors (Lipinski definition) is 3. The Bertz CT molecular complexity index is 638. The number of phenolic OH excluding ortho intramolecular Hbond substituents is 1. The van der Waals surface area contributed by atoms with Gasteiger partial charge in [0.2, 0.25) is 0 Å². The van der Waals surface area contributed by atoms with Crippen LogP contribution in [0.5, 0.6) is 5.75 Å². The minimum atomic E-state index is 0.0724. The second-order valence-corrected chi connectivity index (χ2v) is 5.62. The van der Waals surface area contributed by atoms with E-state index in [-0.39, 0.29) is 10.8 Å². The van der Waals surface area contributed by atoms with E-state index in [1.807, 2.05) is 25.6 Å². The fourth-order valence-electron chi connectivity index (χ4n) is 2.15. The van der Waals surface area contributed by atoms with E-state index >= 15 is 0 Å². The summed E-state index contributed by atoms with van der Waals surface area (Å²) in [6, 6.07) is 3.23. The summed E-state index contributed by atoms with van der Waals surface area (Å²) < 4.78 is 1.86. The van der Waals surface area contributed by atoms with Crippen LogP contribution in [0.4, 0.5) is 0 Å². The monoisotopic (exact) mass is 313 g/mol. The standard InChI is InChI=1S/C14H17Cl2N3O/c1-8-12(9(2)19(3)18-8)7-17-6-10-4-11(15)5-13(16)14(10)20/h4-5,17,20H,6-7H2,1-3H3. The van der Waals surface area contributed by atoms with Gasteiger partial charge in [-0.05, 0) is 26.0 Å². The highest BCUT2D eigenvalue weighted by molar-refractivity contribution is 6.35. The maximum absolute atomic E-state index is 9.89. The molecular weight excluding hydrogens is 297 g/mol. The van der Waals surface area contributed by atoms with Crippen LogP contribution in [0, 0.1) is 13.8 Å². The van der Waals surface area contributed by atoms with Crippen LogP contribution in [0.2, 0.25) is 10.0 Å². The minimum Gasteiger partial charge on any atom is -0.506 e. The zero-order chi connectivity index (χ0) is 14.9. The summed E-state index contributed by atoms with van der Waals surface area (Å²) in [4.78, 5) is 0. The molecule has 0 bridgehead atoms. The molecule has 0 aliphatic carbocycles. The fraction of sp³-hybridized carbons (Fsp3) is 0.357. The van der Waals surface area contributed by atoms with Gasteiger partial charge in [0.05, 0.1) is 10.7 Å². The van der Waals surface area contributed by atoms with Crippen LogP contribution >= 0.6 is 23.2 Å². The largest absolute Gasteiger partial charge is 0.506 e. The highest BCUT2D eigenvalue weighted by atomic mass is 35.5. The first kappa shape index (κ1) is 15.2. The summed E-state index contributed by atoms with van der Waals surface area (Å²) in [5.41, 5.74) is 3.98. The van der Waals surface area contributed by atoms with Crippen LogP contribution in [0.15, 0.2) is 12.1 Å². The van der Waals surface area contributed by atoms with Gasteiger partial charge in [-0.2, -0.15) is 5.10 Å². The Kier molecular flexibility index (Phi) is 4.58. The van der Waals surface area contributed by atoms with E-state index in [9.17, 15) is 5.11 Å². The van der Waals surface area contributed by atoms with Gasteiger partial charge in [0.1, 0.15) is 5.75 Å². The molecule has 108 valence electrons. The average molecular weight is 314 g/mol. The molecule has 6 heteroatoms. The second-order valence-electron chi connectivity index (χ2n) is 4.77.